The summed E-state index contributed by atoms with van der Waals surface area (Å²) in [4.78, 5) is 4.76. The van der Waals surface area contributed by atoms with E-state index in [2.05, 4.69) is 301 Å². The van der Waals surface area contributed by atoms with E-state index in [1.165, 1.54) is 71.6 Å². The first kappa shape index (κ1) is 42.1. The van der Waals surface area contributed by atoms with Gasteiger partial charge in [-0.25, -0.2) is 0 Å². The van der Waals surface area contributed by atoms with Crippen LogP contribution in [0.5, 0.6) is 0 Å². The summed E-state index contributed by atoms with van der Waals surface area (Å²) in [5, 5.41) is 4.74. The maximum absolute atomic E-state index is 2.41. The fraction of sp³-hybridized carbons (Fsp3) is 0. The number of benzene rings is 12. The van der Waals surface area contributed by atoms with Crippen LogP contribution in [0.3, 0.4) is 0 Å². The van der Waals surface area contributed by atoms with E-state index in [1.54, 1.807) is 0 Å². The highest BCUT2D eigenvalue weighted by atomic mass is 15.1. The maximum Gasteiger partial charge on any atom is 0.0468 e. The zero-order valence-corrected chi connectivity index (χ0v) is 38.6. The van der Waals surface area contributed by atoms with Crippen molar-refractivity contribution in [3.63, 3.8) is 0 Å². The normalized spacial score (nSPS) is 11.1. The summed E-state index contributed by atoms with van der Waals surface area (Å²) in [6, 6.07) is 105. The van der Waals surface area contributed by atoms with Crippen molar-refractivity contribution in [2.75, 3.05) is 9.80 Å². The molecule has 0 aliphatic carbocycles. The Morgan fingerprint density at radius 2 is 0.386 bits per heavy atom. The van der Waals surface area contributed by atoms with Crippen LogP contribution in [0.15, 0.2) is 291 Å². The zero-order chi connectivity index (χ0) is 46.6. The van der Waals surface area contributed by atoms with Crippen molar-refractivity contribution < 1.29 is 0 Å². The fourth-order valence-electron chi connectivity index (χ4n) is 10.1. The molecule has 12 aromatic carbocycles. The molecule has 0 aliphatic rings. The molecule has 70 heavy (non-hydrogen) atoms. The van der Waals surface area contributed by atoms with Crippen molar-refractivity contribution in [1.29, 1.82) is 0 Å². The highest BCUT2D eigenvalue weighted by molar-refractivity contribution is 6.22. The van der Waals surface area contributed by atoms with Gasteiger partial charge in [0.15, 0.2) is 0 Å². The van der Waals surface area contributed by atoms with E-state index in [-0.39, 0.29) is 0 Å². The fourth-order valence-corrected chi connectivity index (χ4v) is 10.1. The first-order valence-electron chi connectivity index (χ1n) is 24.0. The summed E-state index contributed by atoms with van der Waals surface area (Å²) >= 11 is 0. The number of nitrogens with zero attached hydrogens (tertiary/aromatic N) is 2. The molecule has 0 unspecified atom stereocenters. The molecule has 0 aromatic heterocycles. The van der Waals surface area contributed by atoms with Gasteiger partial charge >= 0.3 is 0 Å². The van der Waals surface area contributed by atoms with E-state index in [4.69, 9.17) is 0 Å². The molecule has 0 fully saturated rings. The summed E-state index contributed by atoms with van der Waals surface area (Å²) in [7, 11) is 0. The van der Waals surface area contributed by atoms with Crippen molar-refractivity contribution in [3.8, 4) is 55.6 Å². The molecule has 0 N–H and O–H groups in total. The number of anilines is 6. The van der Waals surface area contributed by atoms with Gasteiger partial charge in [-0.15, -0.1) is 0 Å². The van der Waals surface area contributed by atoms with Gasteiger partial charge in [0.1, 0.15) is 0 Å². The Labute approximate surface area is 410 Å². The molecule has 0 spiro atoms. The van der Waals surface area contributed by atoms with E-state index in [1.807, 2.05) is 0 Å². The number of hydrogen-bond donors (Lipinski definition) is 0. The van der Waals surface area contributed by atoms with Crippen molar-refractivity contribution >= 4 is 55.7 Å². The Balaban J connectivity index is 1.10. The first-order valence-corrected chi connectivity index (χ1v) is 24.0. The zero-order valence-electron chi connectivity index (χ0n) is 38.6. The second-order valence-corrected chi connectivity index (χ2v) is 17.7. The quantitative estimate of drug-likeness (QED) is 0.119. The minimum atomic E-state index is 1.08. The highest BCUT2D eigenvalue weighted by Crippen LogP contribution is 2.49. The Kier molecular flexibility index (Phi) is 11.3. The lowest BCUT2D eigenvalue weighted by atomic mass is 9.85. The van der Waals surface area contributed by atoms with Crippen LogP contribution in [0.4, 0.5) is 34.1 Å². The van der Waals surface area contributed by atoms with Crippen molar-refractivity contribution in [3.05, 3.63) is 291 Å². The summed E-state index contributed by atoms with van der Waals surface area (Å²) < 4.78 is 0. The Morgan fingerprint density at radius 1 is 0.157 bits per heavy atom. The predicted octanol–water partition coefficient (Wildman–Crippen LogP) is 19.3. The molecule has 2 heteroatoms. The molecular weight excluding hydrogens is 845 g/mol. The molecule has 0 radical (unpaired) electrons. The van der Waals surface area contributed by atoms with Gasteiger partial charge in [-0.1, -0.05) is 218 Å². The lowest BCUT2D eigenvalue weighted by Crippen LogP contribution is -2.10. The van der Waals surface area contributed by atoms with E-state index in [0.29, 0.717) is 0 Å². The van der Waals surface area contributed by atoms with Crippen LogP contribution in [-0.4, -0.2) is 0 Å². The van der Waals surface area contributed by atoms with Gasteiger partial charge in [0.25, 0.3) is 0 Å². The number of rotatable bonds is 11. The predicted molar refractivity (Wildman–Crippen MR) is 298 cm³/mol. The number of para-hydroxylation sites is 2. The third-order valence-electron chi connectivity index (χ3n) is 13.4. The van der Waals surface area contributed by atoms with Gasteiger partial charge < -0.3 is 9.80 Å². The van der Waals surface area contributed by atoms with Gasteiger partial charge in [0.05, 0.1) is 0 Å². The van der Waals surface area contributed by atoms with Gasteiger partial charge in [0.2, 0.25) is 0 Å². The molecule has 2 nitrogen and oxygen atoms in total. The second-order valence-electron chi connectivity index (χ2n) is 17.7. The van der Waals surface area contributed by atoms with Crippen LogP contribution < -0.4 is 9.80 Å². The average Bonchev–Trinajstić information content (AvgIpc) is 3.44. The molecule has 0 aliphatic heterocycles. The van der Waals surface area contributed by atoms with Crippen LogP contribution >= 0.6 is 0 Å². The van der Waals surface area contributed by atoms with Crippen molar-refractivity contribution in [2.24, 2.45) is 0 Å². The summed E-state index contributed by atoms with van der Waals surface area (Å²) in [6.45, 7) is 0. The topological polar surface area (TPSA) is 6.48 Å². The molecule has 0 heterocycles. The average molecular weight is 893 g/mol. The molecule has 0 bridgehead atoms. The highest BCUT2D eigenvalue weighted by Gasteiger charge is 2.22. The minimum absolute atomic E-state index is 1.08. The Morgan fingerprint density at radius 3 is 0.729 bits per heavy atom. The van der Waals surface area contributed by atoms with Crippen LogP contribution in [0.25, 0.3) is 77.2 Å². The molecule has 0 saturated heterocycles. The minimum Gasteiger partial charge on any atom is -0.310 e. The van der Waals surface area contributed by atoms with Crippen molar-refractivity contribution in [1.82, 2.24) is 0 Å². The monoisotopic (exact) mass is 892 g/mol. The first-order chi connectivity index (χ1) is 34.7. The van der Waals surface area contributed by atoms with E-state index in [9.17, 15) is 0 Å². The Hall–Kier alpha value is -9.24. The van der Waals surface area contributed by atoms with Crippen LogP contribution in [0, 0.1) is 0 Å². The molecular formula is C68H48N2. The van der Waals surface area contributed by atoms with E-state index in [0.717, 1.165) is 39.7 Å². The van der Waals surface area contributed by atoms with Gasteiger partial charge in [-0.05, 0) is 150 Å². The largest absolute Gasteiger partial charge is 0.310 e. The lowest BCUT2D eigenvalue weighted by Gasteiger charge is -2.28. The SMILES string of the molecule is c1ccc(-c2ccc(-c3c4ccc(N(c5ccccc5)c5ccc(-c6ccccc6)cc5)cc4c(-c4ccccc4)c4ccc(N(c5ccccc5)c5ccc(-c6ccccc6)cc5)cc34)cc2)cc1. The van der Waals surface area contributed by atoms with E-state index >= 15 is 0 Å². The maximum atomic E-state index is 2.41. The van der Waals surface area contributed by atoms with Crippen LogP contribution in [0.1, 0.15) is 0 Å². The van der Waals surface area contributed by atoms with Gasteiger partial charge in [-0.3, -0.25) is 0 Å². The molecule has 0 saturated carbocycles. The van der Waals surface area contributed by atoms with E-state index < -0.39 is 0 Å². The number of fused-ring (bicyclic) bond motifs is 2. The van der Waals surface area contributed by atoms with Crippen molar-refractivity contribution in [2.45, 2.75) is 0 Å². The molecule has 0 atom stereocenters. The lowest BCUT2D eigenvalue weighted by molar-refractivity contribution is 1.29. The molecule has 0 amide bonds. The van der Waals surface area contributed by atoms with Gasteiger partial charge in [0, 0.05) is 34.1 Å². The van der Waals surface area contributed by atoms with Gasteiger partial charge in [-0.2, -0.15) is 0 Å². The third-order valence-corrected chi connectivity index (χ3v) is 13.4. The summed E-state index contributed by atoms with van der Waals surface area (Å²) in [6.07, 6.45) is 0. The molecule has 12 rings (SSSR count). The standard InChI is InChI=1S/C68H48N2/c1-7-19-49(20-8-1)52-31-33-56(34-32-52)68-64-46-44-61(69(57-27-15-5-16-28-57)59-39-35-53(36-40-59)50-21-9-2-10-22-50)47-65(64)67(55-25-13-4-14-26-55)63-45-43-62(48-66(63)68)70(58-29-17-6-18-30-58)60-41-37-54(38-42-60)51-23-11-3-12-24-51/h1-48H. The summed E-state index contributed by atoms with van der Waals surface area (Å²) in [5.41, 5.74) is 18.4. The van der Waals surface area contributed by atoms with Crippen LogP contribution in [0.2, 0.25) is 0 Å². The Bertz CT molecular complexity index is 3690. The smallest absolute Gasteiger partial charge is 0.0468 e. The summed E-state index contributed by atoms with van der Waals surface area (Å²) in [5.74, 6) is 0. The number of hydrogen-bond acceptors (Lipinski definition) is 2. The second kappa shape index (κ2) is 18.8. The molecule has 12 aromatic rings. The van der Waals surface area contributed by atoms with Crippen LogP contribution in [-0.2, 0) is 0 Å². The third kappa shape index (κ3) is 8.19. The molecule has 330 valence electrons.